The normalized spacial score (nSPS) is 12.2. The van der Waals surface area contributed by atoms with Crippen molar-refractivity contribution in [2.24, 2.45) is 0 Å². The number of methoxy groups -OCH3 is 1. The third-order valence-electron chi connectivity index (χ3n) is 4.72. The second-order valence-corrected chi connectivity index (χ2v) is 7.37. The van der Waals surface area contributed by atoms with E-state index >= 15 is 0 Å². The minimum atomic E-state index is -0.0476. The van der Waals surface area contributed by atoms with E-state index in [1.54, 1.807) is 11.5 Å². The van der Waals surface area contributed by atoms with Gasteiger partial charge in [-0.3, -0.25) is 4.79 Å². The zero-order valence-electron chi connectivity index (χ0n) is 15.7. The number of aromatic nitrogens is 2. The zero-order valence-corrected chi connectivity index (χ0v) is 16.5. The zero-order chi connectivity index (χ0) is 19.1. The standard InChI is InChI=1S/C21H20N2O3S/c1-5-26-16-9-7-14(10-17(16)25-4)11-18-20(24)23-15-8-6-12(2)13(3)19(15)22-21(23)27-18/h6-11H,5H2,1-4H3/b18-11+. The molecule has 4 aromatic rings. The van der Waals surface area contributed by atoms with E-state index in [1.807, 2.05) is 50.3 Å². The molecule has 5 nitrogen and oxygen atoms in total. The van der Waals surface area contributed by atoms with Crippen molar-refractivity contribution in [3.8, 4) is 11.5 Å². The largest absolute Gasteiger partial charge is 0.493 e. The quantitative estimate of drug-likeness (QED) is 0.544. The van der Waals surface area contributed by atoms with Gasteiger partial charge in [-0.2, -0.15) is 0 Å². The fourth-order valence-corrected chi connectivity index (χ4v) is 4.14. The molecule has 0 bridgehead atoms. The van der Waals surface area contributed by atoms with Crippen LogP contribution in [0.15, 0.2) is 35.1 Å². The van der Waals surface area contributed by atoms with Crippen LogP contribution in [-0.2, 0) is 0 Å². The van der Waals surface area contributed by atoms with Crippen LogP contribution < -0.4 is 19.6 Å². The Morgan fingerprint density at radius 3 is 2.74 bits per heavy atom. The first-order chi connectivity index (χ1) is 13.0. The summed E-state index contributed by atoms with van der Waals surface area (Å²) < 4.78 is 13.3. The second-order valence-electron chi connectivity index (χ2n) is 6.36. The number of nitrogens with zero attached hydrogens (tertiary/aromatic N) is 2. The molecule has 2 aromatic heterocycles. The van der Waals surface area contributed by atoms with Gasteiger partial charge in [-0.15, -0.1) is 0 Å². The van der Waals surface area contributed by atoms with E-state index in [4.69, 9.17) is 9.47 Å². The third-order valence-corrected chi connectivity index (χ3v) is 5.69. The lowest BCUT2D eigenvalue weighted by Gasteiger charge is -2.09. The Morgan fingerprint density at radius 1 is 1.19 bits per heavy atom. The molecule has 138 valence electrons. The van der Waals surface area contributed by atoms with Crippen LogP contribution in [0, 0.1) is 13.8 Å². The van der Waals surface area contributed by atoms with E-state index in [-0.39, 0.29) is 5.56 Å². The maximum Gasteiger partial charge on any atom is 0.274 e. The van der Waals surface area contributed by atoms with Crippen molar-refractivity contribution < 1.29 is 9.47 Å². The Hall–Kier alpha value is -2.86. The maximum atomic E-state index is 13.0. The Labute approximate surface area is 160 Å². The highest BCUT2D eigenvalue weighted by Gasteiger charge is 2.13. The lowest BCUT2D eigenvalue weighted by molar-refractivity contribution is 0.311. The van der Waals surface area contributed by atoms with Crippen molar-refractivity contribution in [2.45, 2.75) is 20.8 Å². The first-order valence-electron chi connectivity index (χ1n) is 8.77. The predicted molar refractivity (Wildman–Crippen MR) is 109 cm³/mol. The molecule has 6 heteroatoms. The van der Waals surface area contributed by atoms with Crippen molar-refractivity contribution in [3.05, 3.63) is 61.9 Å². The van der Waals surface area contributed by atoms with Gasteiger partial charge in [-0.05, 0) is 61.7 Å². The Kier molecular flexibility index (Phi) is 4.36. The van der Waals surface area contributed by atoms with Gasteiger partial charge in [-0.25, -0.2) is 9.38 Å². The lowest BCUT2D eigenvalue weighted by atomic mass is 10.1. The van der Waals surface area contributed by atoms with Crippen LogP contribution in [0.2, 0.25) is 0 Å². The Morgan fingerprint density at radius 2 is 2.00 bits per heavy atom. The van der Waals surface area contributed by atoms with Gasteiger partial charge in [0.2, 0.25) is 0 Å². The molecule has 4 rings (SSSR count). The van der Waals surface area contributed by atoms with E-state index in [9.17, 15) is 4.79 Å². The van der Waals surface area contributed by atoms with Gasteiger partial charge in [0.15, 0.2) is 16.5 Å². The summed E-state index contributed by atoms with van der Waals surface area (Å²) in [5.41, 5.74) is 4.88. The van der Waals surface area contributed by atoms with Crippen LogP contribution in [0.25, 0.3) is 22.1 Å². The lowest BCUT2D eigenvalue weighted by Crippen LogP contribution is -2.22. The van der Waals surface area contributed by atoms with Crippen LogP contribution in [0.3, 0.4) is 0 Å². The van der Waals surface area contributed by atoms with Crippen LogP contribution in [0.5, 0.6) is 11.5 Å². The average molecular weight is 380 g/mol. The molecule has 0 radical (unpaired) electrons. The SMILES string of the molecule is CCOc1ccc(/C=c2/sc3nc4c(C)c(C)ccc4n3c2=O)cc1OC. The molecule has 0 atom stereocenters. The molecule has 0 saturated heterocycles. The van der Waals surface area contributed by atoms with E-state index < -0.39 is 0 Å². The molecule has 27 heavy (non-hydrogen) atoms. The van der Waals surface area contributed by atoms with Crippen molar-refractivity contribution >= 4 is 33.4 Å². The van der Waals surface area contributed by atoms with Crippen LogP contribution in [0.1, 0.15) is 23.6 Å². The van der Waals surface area contributed by atoms with Gasteiger partial charge in [0.1, 0.15) is 0 Å². The summed E-state index contributed by atoms with van der Waals surface area (Å²) in [5.74, 6) is 1.34. The van der Waals surface area contributed by atoms with Crippen molar-refractivity contribution in [1.82, 2.24) is 9.38 Å². The third kappa shape index (κ3) is 2.86. The van der Waals surface area contributed by atoms with Gasteiger partial charge in [0.05, 0.1) is 29.3 Å². The van der Waals surface area contributed by atoms with Gasteiger partial charge in [0.25, 0.3) is 5.56 Å². The molecule has 0 spiro atoms. The molecule has 0 fully saturated rings. The Bertz CT molecular complexity index is 1270. The summed E-state index contributed by atoms with van der Waals surface area (Å²) in [7, 11) is 1.61. The molecule has 0 saturated carbocycles. The van der Waals surface area contributed by atoms with Gasteiger partial charge in [0, 0.05) is 0 Å². The first kappa shape index (κ1) is 17.5. The molecule has 0 amide bonds. The van der Waals surface area contributed by atoms with Crippen LogP contribution in [0.4, 0.5) is 0 Å². The summed E-state index contributed by atoms with van der Waals surface area (Å²) in [6.45, 7) is 6.59. The summed E-state index contributed by atoms with van der Waals surface area (Å²) in [6.07, 6.45) is 1.87. The summed E-state index contributed by atoms with van der Waals surface area (Å²) in [6, 6.07) is 9.65. The molecular weight excluding hydrogens is 360 g/mol. The highest BCUT2D eigenvalue weighted by Crippen LogP contribution is 2.28. The molecule has 0 aliphatic rings. The molecule has 0 aliphatic heterocycles. The number of thiazole rings is 1. The summed E-state index contributed by atoms with van der Waals surface area (Å²) in [5, 5.41) is 0. The number of ether oxygens (including phenoxy) is 2. The molecule has 0 aliphatic carbocycles. The van der Waals surface area contributed by atoms with E-state index in [2.05, 4.69) is 11.9 Å². The highest BCUT2D eigenvalue weighted by atomic mass is 32.1. The second kappa shape index (κ2) is 6.70. The number of imidazole rings is 1. The van der Waals surface area contributed by atoms with Crippen LogP contribution >= 0.6 is 11.3 Å². The number of rotatable bonds is 4. The fourth-order valence-electron chi connectivity index (χ4n) is 3.17. The number of aryl methyl sites for hydroxylation is 2. The fraction of sp³-hybridized carbons (Fsp3) is 0.238. The number of fused-ring (bicyclic) bond motifs is 3. The number of hydrogen-bond acceptors (Lipinski definition) is 5. The Balaban J connectivity index is 1.88. The summed E-state index contributed by atoms with van der Waals surface area (Å²) >= 11 is 1.40. The van der Waals surface area contributed by atoms with E-state index in [1.165, 1.54) is 16.9 Å². The highest BCUT2D eigenvalue weighted by molar-refractivity contribution is 7.15. The maximum absolute atomic E-state index is 13.0. The van der Waals surface area contributed by atoms with Crippen molar-refractivity contribution in [1.29, 1.82) is 0 Å². The molecule has 2 heterocycles. The molecule has 0 N–H and O–H groups in total. The molecular formula is C21H20N2O3S. The van der Waals surface area contributed by atoms with Crippen molar-refractivity contribution in [2.75, 3.05) is 13.7 Å². The van der Waals surface area contributed by atoms with Gasteiger partial charge >= 0.3 is 0 Å². The minimum absolute atomic E-state index is 0.0476. The average Bonchev–Trinajstić information content (AvgIpc) is 3.17. The van der Waals surface area contributed by atoms with Crippen molar-refractivity contribution in [3.63, 3.8) is 0 Å². The minimum Gasteiger partial charge on any atom is -0.493 e. The van der Waals surface area contributed by atoms with Crippen LogP contribution in [-0.4, -0.2) is 23.1 Å². The topological polar surface area (TPSA) is 52.8 Å². The monoisotopic (exact) mass is 380 g/mol. The smallest absolute Gasteiger partial charge is 0.274 e. The van der Waals surface area contributed by atoms with Gasteiger partial charge < -0.3 is 9.47 Å². The van der Waals surface area contributed by atoms with E-state index in [0.717, 1.165) is 22.2 Å². The predicted octanol–water partition coefficient (Wildman–Crippen LogP) is 3.48. The number of hydrogen-bond donors (Lipinski definition) is 0. The number of benzene rings is 2. The van der Waals surface area contributed by atoms with Gasteiger partial charge in [-0.1, -0.05) is 23.5 Å². The molecule has 0 unspecified atom stereocenters. The van der Waals surface area contributed by atoms with E-state index in [0.29, 0.717) is 27.6 Å². The first-order valence-corrected chi connectivity index (χ1v) is 9.59. The molecule has 2 aromatic carbocycles. The summed E-state index contributed by atoms with van der Waals surface area (Å²) in [4.78, 5) is 18.4.